The first kappa shape index (κ1) is 21.2. The third kappa shape index (κ3) is 4.40. The number of benzene rings is 2. The van der Waals surface area contributed by atoms with Crippen LogP contribution in [0.2, 0.25) is 0 Å². The lowest BCUT2D eigenvalue weighted by Gasteiger charge is -2.20. The number of halogens is 2. The van der Waals surface area contributed by atoms with Crippen molar-refractivity contribution in [1.29, 1.82) is 0 Å². The van der Waals surface area contributed by atoms with E-state index in [1.165, 1.54) is 47.6 Å². The van der Waals surface area contributed by atoms with Gasteiger partial charge in [0.2, 0.25) is 10.0 Å². The maximum atomic E-state index is 13.9. The van der Waals surface area contributed by atoms with Crippen LogP contribution in [0.5, 0.6) is 5.75 Å². The van der Waals surface area contributed by atoms with Gasteiger partial charge in [-0.15, -0.1) is 0 Å². The molecule has 3 rings (SSSR count). The van der Waals surface area contributed by atoms with Gasteiger partial charge >= 0.3 is 0 Å². The molecule has 6 nitrogen and oxygen atoms in total. The highest BCUT2D eigenvalue weighted by molar-refractivity contribution is 7.89. The number of sulfonamides is 1. The van der Waals surface area contributed by atoms with Gasteiger partial charge in [0.1, 0.15) is 22.3 Å². The molecular weight excluding hydrogens is 402 g/mol. The maximum absolute atomic E-state index is 13.9. The number of amides is 1. The molecule has 9 heteroatoms. The highest BCUT2D eigenvalue weighted by atomic mass is 32.2. The SMILES string of the molecule is COc1ccc(C(=O)N(C)Cc2ccc(F)cc2F)cc1S(=O)(=O)N1CCCC1. The molecule has 0 N–H and O–H groups in total. The molecule has 0 radical (unpaired) electrons. The highest BCUT2D eigenvalue weighted by Crippen LogP contribution is 2.30. The van der Waals surface area contributed by atoms with E-state index in [1.54, 1.807) is 0 Å². The Balaban J connectivity index is 1.89. The van der Waals surface area contributed by atoms with E-state index in [0.717, 1.165) is 25.0 Å². The van der Waals surface area contributed by atoms with Crippen LogP contribution in [0.3, 0.4) is 0 Å². The third-order valence-corrected chi connectivity index (χ3v) is 6.78. The molecule has 1 saturated heterocycles. The summed E-state index contributed by atoms with van der Waals surface area (Å²) in [6, 6.07) is 7.31. The van der Waals surface area contributed by atoms with Gasteiger partial charge in [0.15, 0.2) is 0 Å². The highest BCUT2D eigenvalue weighted by Gasteiger charge is 2.31. The van der Waals surface area contributed by atoms with Gasteiger partial charge in [0, 0.05) is 43.9 Å². The Bertz CT molecular complexity index is 1020. The molecule has 0 aromatic heterocycles. The monoisotopic (exact) mass is 424 g/mol. The number of ether oxygens (including phenoxy) is 1. The van der Waals surface area contributed by atoms with Crippen molar-refractivity contribution in [2.75, 3.05) is 27.2 Å². The molecule has 1 heterocycles. The number of hydrogen-bond donors (Lipinski definition) is 0. The summed E-state index contributed by atoms with van der Waals surface area (Å²) in [7, 11) is -0.971. The molecule has 29 heavy (non-hydrogen) atoms. The lowest BCUT2D eigenvalue weighted by atomic mass is 10.1. The summed E-state index contributed by atoms with van der Waals surface area (Å²) in [6.45, 7) is 0.756. The molecule has 1 fully saturated rings. The molecule has 2 aromatic rings. The smallest absolute Gasteiger partial charge is 0.253 e. The molecule has 0 aliphatic carbocycles. The standard InChI is InChI=1S/C20H22F2N2O4S/c1-23(13-15-5-7-16(21)12-17(15)22)20(25)14-6-8-18(28-2)19(11-14)29(26,27)24-9-3-4-10-24/h5-8,11-12H,3-4,9-10,13H2,1-2H3. The van der Waals surface area contributed by atoms with Crippen LogP contribution >= 0.6 is 0 Å². The van der Waals surface area contributed by atoms with E-state index in [0.29, 0.717) is 13.1 Å². The third-order valence-electron chi connectivity index (χ3n) is 4.86. The Hall–Kier alpha value is -2.52. The molecule has 2 aromatic carbocycles. The number of carbonyl (C=O) groups excluding carboxylic acids is 1. The quantitative estimate of drug-likeness (QED) is 0.715. The Morgan fingerprint density at radius 1 is 1.14 bits per heavy atom. The van der Waals surface area contributed by atoms with E-state index in [-0.39, 0.29) is 28.3 Å². The molecular formula is C20H22F2N2O4S. The van der Waals surface area contributed by atoms with Crippen LogP contribution in [0, 0.1) is 11.6 Å². The predicted octanol–water partition coefficient (Wildman–Crippen LogP) is 3.03. The van der Waals surface area contributed by atoms with Gasteiger partial charge < -0.3 is 9.64 Å². The topological polar surface area (TPSA) is 66.9 Å². The zero-order chi connectivity index (χ0) is 21.2. The molecule has 1 amide bonds. The van der Waals surface area contributed by atoms with Crippen molar-refractivity contribution in [3.63, 3.8) is 0 Å². The van der Waals surface area contributed by atoms with E-state index < -0.39 is 27.6 Å². The van der Waals surface area contributed by atoms with Crippen molar-refractivity contribution < 1.29 is 26.7 Å². The van der Waals surface area contributed by atoms with E-state index in [2.05, 4.69) is 0 Å². The minimum Gasteiger partial charge on any atom is -0.495 e. The summed E-state index contributed by atoms with van der Waals surface area (Å²) >= 11 is 0. The van der Waals surface area contributed by atoms with Crippen LogP contribution < -0.4 is 4.74 Å². The number of methoxy groups -OCH3 is 1. The van der Waals surface area contributed by atoms with E-state index in [9.17, 15) is 22.0 Å². The van der Waals surface area contributed by atoms with Crippen LogP contribution in [0.1, 0.15) is 28.8 Å². The van der Waals surface area contributed by atoms with Crippen LogP contribution in [-0.2, 0) is 16.6 Å². The summed E-state index contributed by atoms with van der Waals surface area (Å²) in [6.07, 6.45) is 1.57. The van der Waals surface area contributed by atoms with Gasteiger partial charge in [-0.3, -0.25) is 4.79 Å². The summed E-state index contributed by atoms with van der Waals surface area (Å²) in [5, 5.41) is 0. The van der Waals surface area contributed by atoms with Crippen LogP contribution in [-0.4, -0.2) is 50.8 Å². The second-order valence-electron chi connectivity index (χ2n) is 6.87. The fourth-order valence-corrected chi connectivity index (χ4v) is 4.98. The lowest BCUT2D eigenvalue weighted by Crippen LogP contribution is -2.29. The second-order valence-corrected chi connectivity index (χ2v) is 8.78. The van der Waals surface area contributed by atoms with Crippen molar-refractivity contribution in [1.82, 2.24) is 9.21 Å². The Morgan fingerprint density at radius 3 is 2.45 bits per heavy atom. The summed E-state index contributed by atoms with van der Waals surface area (Å²) in [4.78, 5) is 14.0. The van der Waals surface area contributed by atoms with Crippen molar-refractivity contribution in [2.24, 2.45) is 0 Å². The number of nitrogens with zero attached hydrogens (tertiary/aromatic N) is 2. The van der Waals surface area contributed by atoms with Crippen LogP contribution in [0.15, 0.2) is 41.3 Å². The fourth-order valence-electron chi connectivity index (χ4n) is 3.28. The minimum atomic E-state index is -3.80. The number of carbonyl (C=O) groups is 1. The van der Waals surface area contributed by atoms with Crippen molar-refractivity contribution in [3.05, 3.63) is 59.2 Å². The predicted molar refractivity (Wildman–Crippen MR) is 103 cm³/mol. The molecule has 0 spiro atoms. The first-order chi connectivity index (χ1) is 13.7. The van der Waals surface area contributed by atoms with Gasteiger partial charge in [-0.1, -0.05) is 6.07 Å². The van der Waals surface area contributed by atoms with Gasteiger partial charge in [0.25, 0.3) is 5.91 Å². The molecule has 0 bridgehead atoms. The molecule has 0 atom stereocenters. The van der Waals surface area contributed by atoms with Crippen molar-refractivity contribution in [3.8, 4) is 5.75 Å². The van der Waals surface area contributed by atoms with Gasteiger partial charge in [-0.05, 0) is 37.1 Å². The minimum absolute atomic E-state index is 0.0749. The molecule has 1 aliphatic heterocycles. The summed E-state index contributed by atoms with van der Waals surface area (Å²) in [5.74, 6) is -1.79. The lowest BCUT2D eigenvalue weighted by molar-refractivity contribution is 0.0783. The first-order valence-electron chi connectivity index (χ1n) is 9.11. The Morgan fingerprint density at radius 2 is 1.83 bits per heavy atom. The summed E-state index contributed by atoms with van der Waals surface area (Å²) in [5.41, 5.74) is 0.286. The second kappa shape index (κ2) is 8.46. The van der Waals surface area contributed by atoms with E-state index >= 15 is 0 Å². The molecule has 1 aliphatic rings. The maximum Gasteiger partial charge on any atom is 0.253 e. The zero-order valence-electron chi connectivity index (χ0n) is 16.2. The van der Waals surface area contributed by atoms with Gasteiger partial charge in [0.05, 0.1) is 7.11 Å². The first-order valence-corrected chi connectivity index (χ1v) is 10.6. The largest absolute Gasteiger partial charge is 0.495 e. The Kier molecular flexibility index (Phi) is 6.18. The van der Waals surface area contributed by atoms with Gasteiger partial charge in [-0.25, -0.2) is 17.2 Å². The van der Waals surface area contributed by atoms with E-state index in [4.69, 9.17) is 4.74 Å². The van der Waals surface area contributed by atoms with Crippen molar-refractivity contribution in [2.45, 2.75) is 24.3 Å². The van der Waals surface area contributed by atoms with Crippen LogP contribution in [0.25, 0.3) is 0 Å². The summed E-state index contributed by atoms with van der Waals surface area (Å²) < 4.78 is 59.4. The van der Waals surface area contributed by atoms with E-state index in [1.807, 2.05) is 0 Å². The molecule has 0 unspecified atom stereocenters. The average molecular weight is 424 g/mol. The molecule has 0 saturated carbocycles. The fraction of sp³-hybridized carbons (Fsp3) is 0.350. The van der Waals surface area contributed by atoms with Crippen LogP contribution in [0.4, 0.5) is 8.78 Å². The Labute approximate surface area is 168 Å². The number of hydrogen-bond acceptors (Lipinski definition) is 4. The molecule has 156 valence electrons. The normalized spacial score (nSPS) is 14.8. The van der Waals surface area contributed by atoms with Gasteiger partial charge in [-0.2, -0.15) is 4.31 Å². The van der Waals surface area contributed by atoms with Crippen molar-refractivity contribution >= 4 is 15.9 Å². The number of rotatable bonds is 6. The zero-order valence-corrected chi connectivity index (χ0v) is 17.0. The average Bonchev–Trinajstić information content (AvgIpc) is 3.24.